The summed E-state index contributed by atoms with van der Waals surface area (Å²) in [6, 6.07) is 6.82. The molecule has 1 aromatic carbocycles. The fraction of sp³-hybridized carbons (Fsp3) is 0.0833. The number of aromatic nitrogens is 2. The minimum atomic E-state index is -4.45. The number of nitriles is 1. The number of hydrogen-bond acceptors (Lipinski definition) is 4. The first-order valence-electron chi connectivity index (χ1n) is 5.16. The Morgan fingerprint density at radius 1 is 1.11 bits per heavy atom. The van der Waals surface area contributed by atoms with Crippen molar-refractivity contribution in [2.24, 2.45) is 0 Å². The first-order valence-corrected chi connectivity index (χ1v) is 5.16. The van der Waals surface area contributed by atoms with Gasteiger partial charge in [0, 0.05) is 0 Å². The summed E-state index contributed by atoms with van der Waals surface area (Å²) in [4.78, 5) is 7.52. The molecule has 96 valence electrons. The number of benzene rings is 1. The number of anilines is 2. The highest BCUT2D eigenvalue weighted by molar-refractivity contribution is 5.60. The molecule has 0 spiro atoms. The van der Waals surface area contributed by atoms with E-state index in [1.807, 2.05) is 0 Å². The largest absolute Gasteiger partial charge is 0.418 e. The molecule has 0 saturated heterocycles. The predicted molar refractivity (Wildman–Crippen MR) is 61.5 cm³/mol. The maximum atomic E-state index is 12.8. The van der Waals surface area contributed by atoms with Crippen molar-refractivity contribution in [3.8, 4) is 6.07 Å². The average Bonchev–Trinajstić information content (AvgIpc) is 2.39. The fourth-order valence-electron chi connectivity index (χ4n) is 1.43. The van der Waals surface area contributed by atoms with Crippen LogP contribution in [0.25, 0.3) is 0 Å². The molecule has 0 aliphatic rings. The topological polar surface area (TPSA) is 61.6 Å². The number of nitrogens with one attached hydrogen (secondary N) is 1. The Morgan fingerprint density at radius 3 is 2.42 bits per heavy atom. The van der Waals surface area contributed by atoms with Crippen LogP contribution in [-0.4, -0.2) is 9.97 Å². The molecule has 2 rings (SSSR count). The molecule has 0 fully saturated rings. The molecule has 1 N–H and O–H groups in total. The number of alkyl halides is 3. The van der Waals surface area contributed by atoms with E-state index in [0.717, 1.165) is 6.07 Å². The van der Waals surface area contributed by atoms with Crippen molar-refractivity contribution in [1.82, 2.24) is 9.97 Å². The van der Waals surface area contributed by atoms with Gasteiger partial charge in [-0.25, -0.2) is 9.97 Å². The standard InChI is InChI=1S/C12H7F3N4/c13-12(14,15)9-3-1-2-4-10(9)19-11-7-17-8(5-16)6-18-11/h1-4,6-7H,(H,18,19). The Hall–Kier alpha value is -2.62. The van der Waals surface area contributed by atoms with Gasteiger partial charge < -0.3 is 5.32 Å². The van der Waals surface area contributed by atoms with Gasteiger partial charge in [0.1, 0.15) is 11.9 Å². The number of halogens is 3. The molecule has 19 heavy (non-hydrogen) atoms. The summed E-state index contributed by atoms with van der Waals surface area (Å²) >= 11 is 0. The zero-order valence-corrected chi connectivity index (χ0v) is 9.44. The number of para-hydroxylation sites is 1. The zero-order valence-electron chi connectivity index (χ0n) is 9.44. The molecule has 0 amide bonds. The summed E-state index contributed by atoms with van der Waals surface area (Å²) < 4.78 is 38.3. The number of rotatable bonds is 2. The summed E-state index contributed by atoms with van der Waals surface area (Å²) in [6.45, 7) is 0. The van der Waals surface area contributed by atoms with Crippen molar-refractivity contribution in [2.75, 3.05) is 5.32 Å². The molecule has 0 saturated carbocycles. The fourth-order valence-corrected chi connectivity index (χ4v) is 1.43. The lowest BCUT2D eigenvalue weighted by atomic mass is 10.1. The molecule has 7 heteroatoms. The first kappa shape index (κ1) is 12.8. The monoisotopic (exact) mass is 264 g/mol. The zero-order chi connectivity index (χ0) is 13.9. The second-order valence-corrected chi connectivity index (χ2v) is 3.57. The van der Waals surface area contributed by atoms with Gasteiger partial charge in [0.05, 0.1) is 23.6 Å². The number of hydrogen-bond donors (Lipinski definition) is 1. The summed E-state index contributed by atoms with van der Waals surface area (Å²) in [6.07, 6.45) is -2.08. The number of nitrogens with zero attached hydrogens (tertiary/aromatic N) is 3. The van der Waals surface area contributed by atoms with Crippen molar-refractivity contribution in [2.45, 2.75) is 6.18 Å². The van der Waals surface area contributed by atoms with Gasteiger partial charge in [0.2, 0.25) is 0 Å². The minimum Gasteiger partial charge on any atom is -0.338 e. The molecule has 0 radical (unpaired) electrons. The lowest BCUT2D eigenvalue weighted by Gasteiger charge is -2.13. The third-order valence-corrected chi connectivity index (χ3v) is 2.26. The van der Waals surface area contributed by atoms with E-state index in [9.17, 15) is 13.2 Å². The Morgan fingerprint density at radius 2 is 1.84 bits per heavy atom. The van der Waals surface area contributed by atoms with Gasteiger partial charge in [-0.1, -0.05) is 12.1 Å². The van der Waals surface area contributed by atoms with Gasteiger partial charge in [-0.3, -0.25) is 0 Å². The second kappa shape index (κ2) is 4.94. The maximum absolute atomic E-state index is 12.8. The SMILES string of the molecule is N#Cc1cnc(Nc2ccccc2C(F)(F)F)cn1. The van der Waals surface area contributed by atoms with Gasteiger partial charge in [0.15, 0.2) is 5.69 Å². The molecule has 4 nitrogen and oxygen atoms in total. The summed E-state index contributed by atoms with van der Waals surface area (Å²) in [5.74, 6) is 0.135. The van der Waals surface area contributed by atoms with Crippen LogP contribution in [0.3, 0.4) is 0 Å². The average molecular weight is 264 g/mol. The van der Waals surface area contributed by atoms with E-state index < -0.39 is 11.7 Å². The second-order valence-electron chi connectivity index (χ2n) is 3.57. The van der Waals surface area contributed by atoms with E-state index >= 15 is 0 Å². The predicted octanol–water partition coefficient (Wildman–Crippen LogP) is 3.11. The van der Waals surface area contributed by atoms with Gasteiger partial charge >= 0.3 is 6.18 Å². The third kappa shape index (κ3) is 2.98. The highest BCUT2D eigenvalue weighted by atomic mass is 19.4. The van der Waals surface area contributed by atoms with Gasteiger partial charge in [-0.2, -0.15) is 18.4 Å². The molecule has 0 unspecified atom stereocenters. The van der Waals surface area contributed by atoms with E-state index in [0.29, 0.717) is 0 Å². The Kier molecular flexibility index (Phi) is 3.33. The van der Waals surface area contributed by atoms with Gasteiger partial charge in [-0.15, -0.1) is 0 Å². The van der Waals surface area contributed by atoms with Crippen molar-refractivity contribution in [3.63, 3.8) is 0 Å². The van der Waals surface area contributed by atoms with Crippen LogP contribution >= 0.6 is 0 Å². The maximum Gasteiger partial charge on any atom is 0.418 e. The van der Waals surface area contributed by atoms with E-state index in [1.165, 1.54) is 30.6 Å². The Bertz CT molecular complexity index is 614. The highest BCUT2D eigenvalue weighted by Gasteiger charge is 2.33. The Labute approximate surface area is 106 Å². The molecular formula is C12H7F3N4. The van der Waals surface area contributed by atoms with Crippen molar-refractivity contribution >= 4 is 11.5 Å². The van der Waals surface area contributed by atoms with Crippen LogP contribution in [0.1, 0.15) is 11.3 Å². The first-order chi connectivity index (χ1) is 9.00. The highest BCUT2D eigenvalue weighted by Crippen LogP contribution is 2.35. The summed E-state index contributed by atoms with van der Waals surface area (Å²) in [7, 11) is 0. The quantitative estimate of drug-likeness (QED) is 0.905. The molecule has 0 atom stereocenters. The van der Waals surface area contributed by atoms with Crippen LogP contribution in [0.15, 0.2) is 36.7 Å². The van der Waals surface area contributed by atoms with Crippen LogP contribution in [0.2, 0.25) is 0 Å². The van der Waals surface area contributed by atoms with Crippen molar-refractivity contribution in [1.29, 1.82) is 5.26 Å². The van der Waals surface area contributed by atoms with E-state index in [-0.39, 0.29) is 17.2 Å². The van der Waals surface area contributed by atoms with Crippen LogP contribution < -0.4 is 5.32 Å². The summed E-state index contributed by atoms with van der Waals surface area (Å²) in [5.41, 5.74) is -0.815. The van der Waals surface area contributed by atoms with E-state index in [1.54, 1.807) is 6.07 Å². The lowest BCUT2D eigenvalue weighted by molar-refractivity contribution is -0.136. The van der Waals surface area contributed by atoms with E-state index in [4.69, 9.17) is 5.26 Å². The van der Waals surface area contributed by atoms with Gasteiger partial charge in [0.25, 0.3) is 0 Å². The normalized spacial score (nSPS) is 10.8. The molecular weight excluding hydrogens is 257 g/mol. The van der Waals surface area contributed by atoms with E-state index in [2.05, 4.69) is 15.3 Å². The van der Waals surface area contributed by atoms with Crippen LogP contribution in [-0.2, 0) is 6.18 Å². The molecule has 0 aliphatic carbocycles. The van der Waals surface area contributed by atoms with Crippen LogP contribution in [0.4, 0.5) is 24.7 Å². The molecule has 2 aromatic rings. The molecule has 1 aromatic heterocycles. The van der Waals surface area contributed by atoms with Crippen molar-refractivity contribution in [3.05, 3.63) is 47.9 Å². The third-order valence-electron chi connectivity index (χ3n) is 2.26. The molecule has 0 aliphatic heterocycles. The van der Waals surface area contributed by atoms with Gasteiger partial charge in [-0.05, 0) is 12.1 Å². The van der Waals surface area contributed by atoms with Crippen molar-refractivity contribution < 1.29 is 13.2 Å². The lowest BCUT2D eigenvalue weighted by Crippen LogP contribution is -2.09. The minimum absolute atomic E-state index is 0.0923. The van der Waals surface area contributed by atoms with Crippen LogP contribution in [0, 0.1) is 11.3 Å². The molecule has 0 bridgehead atoms. The molecule has 1 heterocycles. The Balaban J connectivity index is 2.31. The van der Waals surface area contributed by atoms with Crippen LogP contribution in [0.5, 0.6) is 0 Å². The summed E-state index contributed by atoms with van der Waals surface area (Å²) in [5, 5.41) is 11.1. The smallest absolute Gasteiger partial charge is 0.338 e.